The molecule has 26 heavy (non-hydrogen) atoms. The molecule has 146 valence electrons. The summed E-state index contributed by atoms with van der Waals surface area (Å²) in [5.41, 5.74) is 1.13. The van der Waals surface area contributed by atoms with Crippen molar-refractivity contribution in [3.05, 3.63) is 23.5 Å². The molecule has 2 N–H and O–H groups in total. The van der Waals surface area contributed by atoms with Crippen molar-refractivity contribution in [2.45, 2.75) is 51.6 Å². The molecule has 1 amide bonds. The second kappa shape index (κ2) is 7.44. The lowest BCUT2D eigenvalue weighted by molar-refractivity contribution is -0.138. The Bertz CT molecular complexity index is 634. The van der Waals surface area contributed by atoms with E-state index in [0.717, 1.165) is 5.57 Å². The van der Waals surface area contributed by atoms with E-state index in [9.17, 15) is 14.7 Å². The summed E-state index contributed by atoms with van der Waals surface area (Å²) in [6, 6.07) is 0. The van der Waals surface area contributed by atoms with Gasteiger partial charge in [-0.1, -0.05) is 26.8 Å². The van der Waals surface area contributed by atoms with Gasteiger partial charge in [-0.3, -0.25) is 0 Å². The zero-order chi connectivity index (χ0) is 19.7. The third kappa shape index (κ3) is 4.12. The van der Waals surface area contributed by atoms with E-state index in [1.807, 2.05) is 6.08 Å². The SMILES string of the molecule is CNC(=O)O[C@H]1OC=C(C(=O)O)[C@H]2CC=C(CO[Si](C)(C)C(C)(C)C)[C@H]12. The van der Waals surface area contributed by atoms with Crippen LogP contribution < -0.4 is 5.32 Å². The van der Waals surface area contributed by atoms with E-state index in [0.29, 0.717) is 13.0 Å². The molecule has 2 aliphatic rings. The number of allylic oxidation sites excluding steroid dienone is 1. The van der Waals surface area contributed by atoms with Crippen LogP contribution in [-0.4, -0.2) is 45.4 Å². The number of hydrogen-bond acceptors (Lipinski definition) is 5. The Morgan fingerprint density at radius 3 is 2.58 bits per heavy atom. The lowest BCUT2D eigenvalue weighted by atomic mass is 9.83. The molecule has 3 atom stereocenters. The molecular weight excluding hydrogens is 354 g/mol. The number of amides is 1. The molecule has 8 heteroatoms. The summed E-state index contributed by atoms with van der Waals surface area (Å²) in [5.74, 6) is -1.65. The van der Waals surface area contributed by atoms with Crippen LogP contribution in [0.25, 0.3) is 0 Å². The van der Waals surface area contributed by atoms with Gasteiger partial charge in [-0.05, 0) is 30.1 Å². The molecule has 0 aromatic carbocycles. The molecule has 0 spiro atoms. The van der Waals surface area contributed by atoms with Crippen LogP contribution >= 0.6 is 0 Å². The van der Waals surface area contributed by atoms with Gasteiger partial charge in [0.15, 0.2) is 8.32 Å². The lowest BCUT2D eigenvalue weighted by Gasteiger charge is -2.38. The Labute approximate surface area is 155 Å². The van der Waals surface area contributed by atoms with Crippen molar-refractivity contribution in [1.82, 2.24) is 5.32 Å². The summed E-state index contributed by atoms with van der Waals surface area (Å²) < 4.78 is 17.1. The highest BCUT2D eigenvalue weighted by molar-refractivity contribution is 6.74. The molecule has 1 heterocycles. The van der Waals surface area contributed by atoms with Crippen LogP contribution in [-0.2, 0) is 18.7 Å². The molecule has 0 bridgehead atoms. The summed E-state index contributed by atoms with van der Waals surface area (Å²) in [4.78, 5) is 23.2. The maximum absolute atomic E-state index is 11.6. The predicted molar refractivity (Wildman–Crippen MR) is 99.0 cm³/mol. The van der Waals surface area contributed by atoms with Crippen LogP contribution in [0.1, 0.15) is 27.2 Å². The van der Waals surface area contributed by atoms with E-state index in [-0.39, 0.29) is 22.4 Å². The minimum Gasteiger partial charge on any atom is -0.478 e. The fourth-order valence-electron chi connectivity index (χ4n) is 2.93. The first kappa shape index (κ1) is 20.5. The summed E-state index contributed by atoms with van der Waals surface area (Å²) in [6.07, 6.45) is 2.28. The van der Waals surface area contributed by atoms with Crippen molar-refractivity contribution in [2.24, 2.45) is 11.8 Å². The summed E-state index contributed by atoms with van der Waals surface area (Å²) in [7, 11) is -0.496. The molecular formula is C18H29NO6Si. The van der Waals surface area contributed by atoms with Crippen LogP contribution in [0, 0.1) is 11.8 Å². The smallest absolute Gasteiger partial charge is 0.409 e. The largest absolute Gasteiger partial charge is 0.478 e. The zero-order valence-corrected chi connectivity index (χ0v) is 17.3. The summed E-state index contributed by atoms with van der Waals surface area (Å²) in [6.45, 7) is 11.2. The average molecular weight is 384 g/mol. The van der Waals surface area contributed by atoms with Crippen molar-refractivity contribution in [1.29, 1.82) is 0 Å². The van der Waals surface area contributed by atoms with E-state index in [1.54, 1.807) is 0 Å². The quantitative estimate of drug-likeness (QED) is 0.559. The van der Waals surface area contributed by atoms with Crippen molar-refractivity contribution >= 4 is 20.4 Å². The number of aliphatic carboxylic acids is 1. The maximum atomic E-state index is 11.6. The number of hydrogen-bond donors (Lipinski definition) is 2. The lowest BCUT2D eigenvalue weighted by Crippen LogP contribution is -2.43. The molecule has 1 aliphatic heterocycles. The molecule has 7 nitrogen and oxygen atoms in total. The highest BCUT2D eigenvalue weighted by Gasteiger charge is 2.46. The number of carboxylic acid groups (broad SMARTS) is 1. The zero-order valence-electron chi connectivity index (χ0n) is 16.3. The Balaban J connectivity index is 2.20. The first-order valence-electron chi connectivity index (χ1n) is 8.78. The van der Waals surface area contributed by atoms with Gasteiger partial charge in [0.05, 0.1) is 24.4 Å². The number of alkyl carbamates (subject to hydrolysis) is 1. The Hall–Kier alpha value is -1.80. The molecule has 2 rings (SSSR count). The van der Waals surface area contributed by atoms with Gasteiger partial charge in [0, 0.05) is 13.0 Å². The van der Waals surface area contributed by atoms with Crippen LogP contribution in [0.2, 0.25) is 18.1 Å². The number of carbonyl (C=O) groups is 2. The van der Waals surface area contributed by atoms with E-state index >= 15 is 0 Å². The molecule has 0 aromatic heterocycles. The Morgan fingerprint density at radius 2 is 2.04 bits per heavy atom. The van der Waals surface area contributed by atoms with Gasteiger partial charge < -0.3 is 24.3 Å². The van der Waals surface area contributed by atoms with Gasteiger partial charge in [-0.15, -0.1) is 0 Å². The molecule has 1 aliphatic carbocycles. The number of carboxylic acids is 1. The fourth-order valence-corrected chi connectivity index (χ4v) is 3.89. The second-order valence-electron chi connectivity index (χ2n) is 8.23. The number of carbonyl (C=O) groups excluding carboxylic acids is 1. The van der Waals surface area contributed by atoms with Crippen molar-refractivity contribution < 1.29 is 28.6 Å². The topological polar surface area (TPSA) is 94.1 Å². The highest BCUT2D eigenvalue weighted by atomic mass is 28.4. The number of fused-ring (bicyclic) bond motifs is 1. The summed E-state index contributed by atoms with van der Waals surface area (Å²) >= 11 is 0. The molecule has 0 saturated heterocycles. The van der Waals surface area contributed by atoms with Crippen LogP contribution in [0.15, 0.2) is 23.5 Å². The molecule has 0 unspecified atom stereocenters. The van der Waals surface area contributed by atoms with Gasteiger partial charge in [0.25, 0.3) is 6.29 Å². The normalized spacial score (nSPS) is 25.5. The van der Waals surface area contributed by atoms with Crippen LogP contribution in [0.3, 0.4) is 0 Å². The highest BCUT2D eigenvalue weighted by Crippen LogP contribution is 2.44. The minimum absolute atomic E-state index is 0.0682. The molecule has 0 radical (unpaired) electrons. The maximum Gasteiger partial charge on any atom is 0.409 e. The average Bonchev–Trinajstić information content (AvgIpc) is 2.96. The Kier molecular flexibility index (Phi) is 5.87. The Morgan fingerprint density at radius 1 is 1.38 bits per heavy atom. The minimum atomic E-state index is -1.96. The van der Waals surface area contributed by atoms with Gasteiger partial charge in [0.2, 0.25) is 0 Å². The third-order valence-electron chi connectivity index (χ3n) is 5.60. The van der Waals surface area contributed by atoms with Crippen molar-refractivity contribution in [3.63, 3.8) is 0 Å². The number of nitrogens with one attached hydrogen (secondary N) is 1. The standard InChI is InChI=1S/C18H29NO6Si/c1-18(2,3)26(5,6)24-9-11-7-8-12-13(15(20)21)10-23-16(14(11)12)25-17(22)19-4/h7,10,12,14,16H,8-9H2,1-6H3,(H,19,22)(H,20,21)/t12-,14+,16-/m1/s1. The van der Waals surface area contributed by atoms with Gasteiger partial charge in [-0.25, -0.2) is 9.59 Å². The van der Waals surface area contributed by atoms with Crippen molar-refractivity contribution in [3.8, 4) is 0 Å². The monoisotopic (exact) mass is 383 g/mol. The van der Waals surface area contributed by atoms with Gasteiger partial charge >= 0.3 is 12.1 Å². The van der Waals surface area contributed by atoms with Crippen LogP contribution in [0.4, 0.5) is 4.79 Å². The molecule has 0 fully saturated rings. The van der Waals surface area contributed by atoms with Gasteiger partial charge in [0.1, 0.15) is 0 Å². The fraction of sp³-hybridized carbons (Fsp3) is 0.667. The first-order chi connectivity index (χ1) is 12.0. The summed E-state index contributed by atoms with van der Waals surface area (Å²) in [5, 5.41) is 11.9. The van der Waals surface area contributed by atoms with Crippen molar-refractivity contribution in [2.75, 3.05) is 13.7 Å². The van der Waals surface area contributed by atoms with E-state index in [2.05, 4.69) is 39.2 Å². The predicted octanol–water partition coefficient (Wildman–Crippen LogP) is 3.25. The van der Waals surface area contributed by atoms with E-state index in [4.69, 9.17) is 13.9 Å². The first-order valence-corrected chi connectivity index (χ1v) is 11.7. The van der Waals surface area contributed by atoms with Gasteiger partial charge in [-0.2, -0.15) is 0 Å². The second-order valence-corrected chi connectivity index (χ2v) is 13.0. The third-order valence-corrected chi connectivity index (χ3v) is 10.1. The number of rotatable bonds is 5. The molecule has 0 saturated carbocycles. The van der Waals surface area contributed by atoms with E-state index in [1.165, 1.54) is 13.3 Å². The molecule has 0 aromatic rings. The number of ether oxygens (including phenoxy) is 2. The van der Waals surface area contributed by atoms with Crippen LogP contribution in [0.5, 0.6) is 0 Å². The van der Waals surface area contributed by atoms with E-state index < -0.39 is 26.7 Å².